The molecule has 9 nitrogen and oxygen atoms in total. The summed E-state index contributed by atoms with van der Waals surface area (Å²) in [5.41, 5.74) is 14.2. The van der Waals surface area contributed by atoms with Crippen molar-refractivity contribution in [2.24, 2.45) is 11.7 Å². The number of nitrogen functional groups attached to an aromatic ring is 1. The van der Waals surface area contributed by atoms with Gasteiger partial charge in [0.1, 0.15) is 11.9 Å². The van der Waals surface area contributed by atoms with Crippen LogP contribution in [0.3, 0.4) is 0 Å². The van der Waals surface area contributed by atoms with Crippen LogP contribution in [0.4, 0.5) is 10.6 Å². The molecule has 0 saturated carbocycles. The van der Waals surface area contributed by atoms with E-state index in [2.05, 4.69) is 15.6 Å². The molecule has 0 fully saturated rings. The predicted octanol–water partition coefficient (Wildman–Crippen LogP) is 1.82. The number of primary amides is 1. The van der Waals surface area contributed by atoms with Gasteiger partial charge in [0.2, 0.25) is 5.91 Å². The topological polar surface area (TPSA) is 149 Å². The van der Waals surface area contributed by atoms with Gasteiger partial charge in [0.15, 0.2) is 6.10 Å². The summed E-state index contributed by atoms with van der Waals surface area (Å²) in [5, 5.41) is 7.23. The molecule has 0 aliphatic heterocycles. The molecular weight excluding hydrogens is 434 g/mol. The lowest BCUT2D eigenvalue weighted by atomic mass is 9.98. The number of ether oxygens (including phenoxy) is 1. The fraction of sp³-hybridized carbons (Fsp3) is 0.280. The molecule has 2 aromatic carbocycles. The summed E-state index contributed by atoms with van der Waals surface area (Å²) in [6.45, 7) is 1.85. The number of fused-ring (bicyclic) bond motifs is 2. The smallest absolute Gasteiger partial charge is 0.405 e. The van der Waals surface area contributed by atoms with Crippen molar-refractivity contribution < 1.29 is 19.1 Å². The van der Waals surface area contributed by atoms with Gasteiger partial charge in [0.05, 0.1) is 0 Å². The first-order valence-corrected chi connectivity index (χ1v) is 11.1. The van der Waals surface area contributed by atoms with Crippen LogP contribution in [0, 0.1) is 5.92 Å². The van der Waals surface area contributed by atoms with E-state index in [9.17, 15) is 14.4 Å². The van der Waals surface area contributed by atoms with Crippen LogP contribution >= 0.6 is 0 Å². The first-order valence-electron chi connectivity index (χ1n) is 11.1. The van der Waals surface area contributed by atoms with E-state index < -0.39 is 24.1 Å². The molecule has 3 amide bonds. The maximum absolute atomic E-state index is 12.9. The minimum Gasteiger partial charge on any atom is -0.436 e. The average molecular weight is 462 g/mol. The van der Waals surface area contributed by atoms with E-state index in [0.717, 1.165) is 27.5 Å². The highest BCUT2D eigenvalue weighted by Crippen LogP contribution is 2.30. The Morgan fingerprint density at radius 2 is 1.79 bits per heavy atom. The molecule has 34 heavy (non-hydrogen) atoms. The highest BCUT2D eigenvalue weighted by molar-refractivity contribution is 5.92. The average Bonchev–Trinajstić information content (AvgIpc) is 3.24. The molecule has 176 valence electrons. The number of hydrogen-bond acceptors (Lipinski definition) is 6. The lowest BCUT2D eigenvalue weighted by molar-refractivity contribution is -0.135. The molecule has 0 spiro atoms. The molecule has 9 heteroatoms. The summed E-state index contributed by atoms with van der Waals surface area (Å²) in [6.07, 6.45) is 0.694. The number of nitrogens with one attached hydrogen (secondary N) is 2. The van der Waals surface area contributed by atoms with Gasteiger partial charge in [-0.1, -0.05) is 36.4 Å². The Kier molecular flexibility index (Phi) is 6.62. The molecule has 3 aromatic rings. The second-order valence-electron chi connectivity index (χ2n) is 8.49. The van der Waals surface area contributed by atoms with Gasteiger partial charge in [-0.25, -0.2) is 9.78 Å². The number of nitrogens with two attached hydrogens (primary N) is 2. The SMILES string of the molecule is C[C@H](NC(=O)[C@H](OC(N)=O)C1Cc2ccccc2C1)C(=O)NCc1ccc2c(N)nccc2c1. The second-order valence-corrected chi connectivity index (χ2v) is 8.49. The molecule has 4 rings (SSSR count). The van der Waals surface area contributed by atoms with Crippen molar-refractivity contribution in [1.29, 1.82) is 0 Å². The van der Waals surface area contributed by atoms with E-state index in [-0.39, 0.29) is 18.4 Å². The highest BCUT2D eigenvalue weighted by Gasteiger charge is 2.36. The van der Waals surface area contributed by atoms with Gasteiger partial charge >= 0.3 is 6.09 Å². The summed E-state index contributed by atoms with van der Waals surface area (Å²) >= 11 is 0. The van der Waals surface area contributed by atoms with Gasteiger partial charge in [-0.3, -0.25) is 9.59 Å². The van der Waals surface area contributed by atoms with E-state index in [1.165, 1.54) is 0 Å². The molecule has 1 aliphatic carbocycles. The molecule has 0 unspecified atom stereocenters. The predicted molar refractivity (Wildman–Crippen MR) is 127 cm³/mol. The van der Waals surface area contributed by atoms with Crippen LogP contribution in [0.1, 0.15) is 23.6 Å². The third-order valence-electron chi connectivity index (χ3n) is 6.09. The number of anilines is 1. The fourth-order valence-electron chi connectivity index (χ4n) is 4.36. The molecule has 1 aliphatic rings. The first kappa shape index (κ1) is 23.0. The zero-order valence-corrected chi connectivity index (χ0v) is 18.8. The van der Waals surface area contributed by atoms with E-state index in [1.807, 2.05) is 48.5 Å². The maximum atomic E-state index is 12.9. The summed E-state index contributed by atoms with van der Waals surface area (Å²) in [6, 6.07) is 14.5. The molecule has 0 radical (unpaired) electrons. The number of carbonyl (C=O) groups excluding carboxylic acids is 3. The minimum atomic E-state index is -1.08. The molecular formula is C25H27N5O4. The Bertz CT molecular complexity index is 1220. The van der Waals surface area contributed by atoms with Crippen LogP contribution in [0.5, 0.6) is 0 Å². The van der Waals surface area contributed by atoms with Crippen molar-refractivity contribution >= 4 is 34.5 Å². The van der Waals surface area contributed by atoms with Crippen molar-refractivity contribution in [3.8, 4) is 0 Å². The van der Waals surface area contributed by atoms with Crippen LogP contribution in [-0.2, 0) is 33.7 Å². The number of hydrogen-bond donors (Lipinski definition) is 4. The minimum absolute atomic E-state index is 0.250. The standard InChI is InChI=1S/C25H27N5O4/c1-14(23(31)29-13-15-6-7-20-18(10-15)8-9-28-22(20)26)30-24(32)21(34-25(27)33)19-11-16-4-2-3-5-17(16)12-19/h2-10,14,19,21H,11-13H2,1H3,(H2,26,28)(H2,27,33)(H,29,31)(H,30,32)/t14-,21+/m0/s1. The lowest BCUT2D eigenvalue weighted by Gasteiger charge is -2.24. The first-order chi connectivity index (χ1) is 16.3. The van der Waals surface area contributed by atoms with Crippen molar-refractivity contribution in [2.75, 3.05) is 5.73 Å². The van der Waals surface area contributed by atoms with Crippen molar-refractivity contribution in [1.82, 2.24) is 15.6 Å². The number of pyridine rings is 1. The monoisotopic (exact) mass is 461 g/mol. The van der Waals surface area contributed by atoms with Gasteiger partial charge in [0.25, 0.3) is 5.91 Å². The quantitative estimate of drug-likeness (QED) is 0.422. The third kappa shape index (κ3) is 5.09. The zero-order chi connectivity index (χ0) is 24.2. The van der Waals surface area contributed by atoms with Gasteiger partial charge in [0, 0.05) is 24.0 Å². The number of nitrogens with zero attached hydrogens (tertiary/aromatic N) is 1. The number of amides is 3. The van der Waals surface area contributed by atoms with E-state index >= 15 is 0 Å². The Morgan fingerprint density at radius 1 is 1.09 bits per heavy atom. The normalized spacial score (nSPS) is 14.7. The number of carbonyl (C=O) groups is 3. The maximum Gasteiger partial charge on any atom is 0.405 e. The van der Waals surface area contributed by atoms with Crippen LogP contribution in [0.25, 0.3) is 10.8 Å². The summed E-state index contributed by atoms with van der Waals surface area (Å²) in [7, 11) is 0. The Hall–Kier alpha value is -4.14. The van der Waals surface area contributed by atoms with E-state index in [1.54, 1.807) is 13.1 Å². The van der Waals surface area contributed by atoms with Crippen LogP contribution in [-0.4, -0.2) is 35.0 Å². The fourth-order valence-corrected chi connectivity index (χ4v) is 4.36. The summed E-state index contributed by atoms with van der Waals surface area (Å²) in [5.74, 6) is -0.717. The van der Waals surface area contributed by atoms with Crippen molar-refractivity contribution in [3.63, 3.8) is 0 Å². The molecule has 6 N–H and O–H groups in total. The molecule has 1 heterocycles. The Labute approximate surface area is 196 Å². The molecule has 0 bridgehead atoms. The van der Waals surface area contributed by atoms with Crippen LogP contribution in [0.15, 0.2) is 54.7 Å². The zero-order valence-electron chi connectivity index (χ0n) is 18.8. The summed E-state index contributed by atoms with van der Waals surface area (Å²) < 4.78 is 5.17. The number of benzene rings is 2. The number of aromatic nitrogens is 1. The van der Waals surface area contributed by atoms with Gasteiger partial charge < -0.3 is 26.8 Å². The van der Waals surface area contributed by atoms with Crippen molar-refractivity contribution in [3.05, 3.63) is 71.4 Å². The van der Waals surface area contributed by atoms with Crippen LogP contribution in [0.2, 0.25) is 0 Å². The van der Waals surface area contributed by atoms with E-state index in [0.29, 0.717) is 18.7 Å². The molecule has 1 aromatic heterocycles. The number of rotatable bonds is 7. The van der Waals surface area contributed by atoms with E-state index in [4.69, 9.17) is 16.2 Å². The molecule has 2 atom stereocenters. The third-order valence-corrected chi connectivity index (χ3v) is 6.09. The van der Waals surface area contributed by atoms with Gasteiger partial charge in [-0.05, 0) is 54.0 Å². The highest BCUT2D eigenvalue weighted by atomic mass is 16.6. The van der Waals surface area contributed by atoms with Gasteiger partial charge in [-0.15, -0.1) is 0 Å². The lowest BCUT2D eigenvalue weighted by Crippen LogP contribution is -2.51. The Balaban J connectivity index is 1.36. The van der Waals surface area contributed by atoms with Gasteiger partial charge in [-0.2, -0.15) is 0 Å². The largest absolute Gasteiger partial charge is 0.436 e. The second kappa shape index (κ2) is 9.78. The van der Waals surface area contributed by atoms with Crippen LogP contribution < -0.4 is 22.1 Å². The van der Waals surface area contributed by atoms with Crippen molar-refractivity contribution in [2.45, 2.75) is 38.5 Å². The Morgan fingerprint density at radius 3 is 2.47 bits per heavy atom. The summed E-state index contributed by atoms with van der Waals surface area (Å²) in [4.78, 5) is 41.1. The molecule has 0 saturated heterocycles.